The highest BCUT2D eigenvalue weighted by molar-refractivity contribution is 6.35. The van der Waals surface area contributed by atoms with E-state index in [4.69, 9.17) is 33.4 Å². The number of benzene rings is 1. The lowest BCUT2D eigenvalue weighted by molar-refractivity contribution is 0.0934. The molecule has 0 bridgehead atoms. The lowest BCUT2D eigenvalue weighted by Gasteiger charge is -2.15. The van der Waals surface area contributed by atoms with Gasteiger partial charge in [0.1, 0.15) is 5.76 Å². The molecule has 0 radical (unpaired) electrons. The standard InChI is InChI=1S/C15H15Cl2NO2/c1-15(2,18)8-12(19)14-4-3-13(20-14)9-5-10(16)7-11(17)6-9/h3-7H,8,18H2,1-2H3. The Morgan fingerprint density at radius 2 is 1.80 bits per heavy atom. The van der Waals surface area contributed by atoms with Crippen LogP contribution in [-0.2, 0) is 0 Å². The number of Topliss-reactive ketones (excluding diaryl/α,β-unsaturated/α-hetero) is 1. The number of furan rings is 1. The van der Waals surface area contributed by atoms with Gasteiger partial charge in [-0.2, -0.15) is 0 Å². The molecule has 1 heterocycles. The average molecular weight is 312 g/mol. The number of carbonyl (C=O) groups is 1. The average Bonchev–Trinajstić information content (AvgIpc) is 2.74. The van der Waals surface area contributed by atoms with Crippen LogP contribution < -0.4 is 5.73 Å². The molecule has 1 aromatic carbocycles. The van der Waals surface area contributed by atoms with Crippen LogP contribution in [0.2, 0.25) is 10.0 Å². The topological polar surface area (TPSA) is 56.2 Å². The fourth-order valence-electron chi connectivity index (χ4n) is 1.84. The summed E-state index contributed by atoms with van der Waals surface area (Å²) in [5, 5.41) is 1.03. The second kappa shape index (κ2) is 5.60. The van der Waals surface area contributed by atoms with Gasteiger partial charge in [-0.05, 0) is 44.2 Å². The summed E-state index contributed by atoms with van der Waals surface area (Å²) < 4.78 is 5.56. The van der Waals surface area contributed by atoms with Crippen LogP contribution in [0, 0.1) is 0 Å². The van der Waals surface area contributed by atoms with Crippen molar-refractivity contribution in [2.75, 3.05) is 0 Å². The molecule has 0 saturated carbocycles. The van der Waals surface area contributed by atoms with Crippen LogP contribution in [0.5, 0.6) is 0 Å². The van der Waals surface area contributed by atoms with Crippen LogP contribution in [0.4, 0.5) is 0 Å². The third-order valence-corrected chi connectivity index (χ3v) is 3.08. The molecule has 0 aliphatic carbocycles. The minimum Gasteiger partial charge on any atom is -0.453 e. The SMILES string of the molecule is CC(C)(N)CC(=O)c1ccc(-c2cc(Cl)cc(Cl)c2)o1. The Bertz CT molecular complexity index is 621. The van der Waals surface area contributed by atoms with Gasteiger partial charge in [0.2, 0.25) is 0 Å². The van der Waals surface area contributed by atoms with E-state index >= 15 is 0 Å². The van der Waals surface area contributed by atoms with E-state index in [1.807, 2.05) is 0 Å². The van der Waals surface area contributed by atoms with E-state index in [1.54, 1.807) is 44.2 Å². The lowest BCUT2D eigenvalue weighted by Crippen LogP contribution is -2.34. The number of ketones is 1. The summed E-state index contributed by atoms with van der Waals surface area (Å²) in [5.41, 5.74) is 6.00. The number of rotatable bonds is 4. The second-order valence-electron chi connectivity index (χ2n) is 5.41. The van der Waals surface area contributed by atoms with Gasteiger partial charge in [0, 0.05) is 27.6 Å². The molecule has 106 valence electrons. The summed E-state index contributed by atoms with van der Waals surface area (Å²) in [6.07, 6.45) is 0.219. The summed E-state index contributed by atoms with van der Waals surface area (Å²) in [6.45, 7) is 3.59. The highest BCUT2D eigenvalue weighted by Crippen LogP contribution is 2.29. The predicted molar refractivity (Wildman–Crippen MR) is 81.4 cm³/mol. The molecule has 0 amide bonds. The van der Waals surface area contributed by atoms with Crippen molar-refractivity contribution in [2.45, 2.75) is 25.8 Å². The molecule has 0 spiro atoms. The van der Waals surface area contributed by atoms with Crippen molar-refractivity contribution in [3.05, 3.63) is 46.1 Å². The van der Waals surface area contributed by atoms with Crippen LogP contribution in [0.1, 0.15) is 30.8 Å². The maximum Gasteiger partial charge on any atom is 0.199 e. The van der Waals surface area contributed by atoms with Gasteiger partial charge in [0.15, 0.2) is 11.5 Å². The van der Waals surface area contributed by atoms with Crippen molar-refractivity contribution in [3.8, 4) is 11.3 Å². The smallest absolute Gasteiger partial charge is 0.199 e. The molecule has 5 heteroatoms. The van der Waals surface area contributed by atoms with Gasteiger partial charge < -0.3 is 10.2 Å². The van der Waals surface area contributed by atoms with Gasteiger partial charge in [-0.25, -0.2) is 0 Å². The Kier molecular flexibility index (Phi) is 4.23. The summed E-state index contributed by atoms with van der Waals surface area (Å²) in [6, 6.07) is 8.45. The first-order valence-corrected chi connectivity index (χ1v) is 6.88. The van der Waals surface area contributed by atoms with Gasteiger partial charge >= 0.3 is 0 Å². The van der Waals surface area contributed by atoms with Crippen molar-refractivity contribution < 1.29 is 9.21 Å². The largest absolute Gasteiger partial charge is 0.453 e. The summed E-state index contributed by atoms with van der Waals surface area (Å²) in [5.74, 6) is 0.707. The van der Waals surface area contributed by atoms with E-state index in [1.165, 1.54) is 0 Å². The highest BCUT2D eigenvalue weighted by Gasteiger charge is 2.20. The van der Waals surface area contributed by atoms with Crippen LogP contribution in [-0.4, -0.2) is 11.3 Å². The van der Waals surface area contributed by atoms with E-state index in [2.05, 4.69) is 0 Å². The van der Waals surface area contributed by atoms with Crippen LogP contribution >= 0.6 is 23.2 Å². The van der Waals surface area contributed by atoms with E-state index < -0.39 is 5.54 Å². The molecule has 2 aromatic rings. The molecule has 2 rings (SSSR count). The molecule has 3 nitrogen and oxygen atoms in total. The molecular formula is C15H15Cl2NO2. The van der Waals surface area contributed by atoms with E-state index in [0.29, 0.717) is 15.8 Å². The minimum absolute atomic E-state index is 0.128. The lowest BCUT2D eigenvalue weighted by atomic mass is 9.98. The van der Waals surface area contributed by atoms with Crippen molar-refractivity contribution in [3.63, 3.8) is 0 Å². The number of carbonyl (C=O) groups excluding carboxylic acids is 1. The zero-order valence-electron chi connectivity index (χ0n) is 11.2. The third kappa shape index (κ3) is 3.85. The zero-order chi connectivity index (χ0) is 14.9. The molecular weight excluding hydrogens is 297 g/mol. The normalized spacial score (nSPS) is 11.7. The number of halogens is 2. The first kappa shape index (κ1) is 15.1. The molecule has 0 aliphatic heterocycles. The number of nitrogens with two attached hydrogens (primary N) is 1. The molecule has 0 atom stereocenters. The van der Waals surface area contributed by atoms with Crippen molar-refractivity contribution in [1.29, 1.82) is 0 Å². The van der Waals surface area contributed by atoms with Gasteiger partial charge in [-0.3, -0.25) is 4.79 Å². The molecule has 0 aliphatic rings. The van der Waals surface area contributed by atoms with Crippen molar-refractivity contribution in [1.82, 2.24) is 0 Å². The second-order valence-corrected chi connectivity index (χ2v) is 6.28. The first-order chi connectivity index (χ1) is 9.24. The van der Waals surface area contributed by atoms with Crippen LogP contribution in [0.25, 0.3) is 11.3 Å². The summed E-state index contributed by atoms with van der Waals surface area (Å²) in [7, 11) is 0. The number of hydrogen-bond donors (Lipinski definition) is 1. The zero-order valence-corrected chi connectivity index (χ0v) is 12.8. The third-order valence-electron chi connectivity index (χ3n) is 2.64. The van der Waals surface area contributed by atoms with Gasteiger partial charge in [0.05, 0.1) is 0 Å². The molecule has 2 N–H and O–H groups in total. The maximum atomic E-state index is 12.0. The molecule has 20 heavy (non-hydrogen) atoms. The Labute approximate surface area is 127 Å². The molecule has 1 aromatic heterocycles. The fourth-order valence-corrected chi connectivity index (χ4v) is 2.37. The summed E-state index contributed by atoms with van der Waals surface area (Å²) >= 11 is 11.9. The Balaban J connectivity index is 2.27. The van der Waals surface area contributed by atoms with E-state index in [-0.39, 0.29) is 18.0 Å². The van der Waals surface area contributed by atoms with Crippen molar-refractivity contribution >= 4 is 29.0 Å². The molecule has 0 fully saturated rings. The van der Waals surface area contributed by atoms with Crippen LogP contribution in [0.15, 0.2) is 34.7 Å². The van der Waals surface area contributed by atoms with E-state index in [9.17, 15) is 4.79 Å². The van der Waals surface area contributed by atoms with Gasteiger partial charge in [-0.1, -0.05) is 23.2 Å². The summed E-state index contributed by atoms with van der Waals surface area (Å²) in [4.78, 5) is 12.0. The molecule has 0 unspecified atom stereocenters. The quantitative estimate of drug-likeness (QED) is 0.842. The molecule has 0 saturated heterocycles. The van der Waals surface area contributed by atoms with Gasteiger partial charge in [0.25, 0.3) is 0 Å². The van der Waals surface area contributed by atoms with Gasteiger partial charge in [-0.15, -0.1) is 0 Å². The highest BCUT2D eigenvalue weighted by atomic mass is 35.5. The van der Waals surface area contributed by atoms with E-state index in [0.717, 1.165) is 5.56 Å². The predicted octanol–water partition coefficient (Wildman–Crippen LogP) is 4.56. The Morgan fingerprint density at radius 3 is 2.35 bits per heavy atom. The Morgan fingerprint density at radius 1 is 1.20 bits per heavy atom. The number of hydrogen-bond acceptors (Lipinski definition) is 3. The maximum absolute atomic E-state index is 12.0. The minimum atomic E-state index is -0.566. The first-order valence-electron chi connectivity index (χ1n) is 6.13. The van der Waals surface area contributed by atoms with Crippen LogP contribution in [0.3, 0.4) is 0 Å². The van der Waals surface area contributed by atoms with Crippen molar-refractivity contribution in [2.24, 2.45) is 5.73 Å². The fraction of sp³-hybridized carbons (Fsp3) is 0.267. The monoisotopic (exact) mass is 311 g/mol. The Hall–Kier alpha value is -1.29.